The van der Waals surface area contributed by atoms with Gasteiger partial charge in [0.15, 0.2) is 5.13 Å². The van der Waals surface area contributed by atoms with Gasteiger partial charge in [0, 0.05) is 0 Å². The molecule has 0 aromatic carbocycles. The molecule has 1 N–H and O–H groups in total. The van der Waals surface area contributed by atoms with E-state index in [1.165, 1.54) is 15.4 Å². The lowest BCUT2D eigenvalue weighted by Crippen LogP contribution is -2.29. The normalized spacial score (nSPS) is 20.4. The van der Waals surface area contributed by atoms with Gasteiger partial charge in [-0.25, -0.2) is 9.78 Å². The fourth-order valence-electron chi connectivity index (χ4n) is 4.41. The lowest BCUT2D eigenvalue weighted by atomic mass is 9.87. The molecule has 5 rings (SSSR count). The summed E-state index contributed by atoms with van der Waals surface area (Å²) in [5.41, 5.74) is 1.53. The Morgan fingerprint density at radius 1 is 1.24 bits per heavy atom. The molecule has 0 bridgehead atoms. The van der Waals surface area contributed by atoms with Crippen molar-refractivity contribution in [1.82, 2.24) is 24.8 Å². The smallest absolute Gasteiger partial charge is 0.363 e. The summed E-state index contributed by atoms with van der Waals surface area (Å²) in [7, 11) is 0. The van der Waals surface area contributed by atoms with Gasteiger partial charge in [-0.15, -0.1) is 11.3 Å². The van der Waals surface area contributed by atoms with E-state index in [9.17, 15) is 19.1 Å². The Morgan fingerprint density at radius 3 is 2.76 bits per heavy atom. The first kappa shape index (κ1) is 22.7. The summed E-state index contributed by atoms with van der Waals surface area (Å²) in [6.45, 7) is 2.49. The summed E-state index contributed by atoms with van der Waals surface area (Å²) in [4.78, 5) is 29.2. The molecule has 0 spiro atoms. The third kappa shape index (κ3) is 4.89. The highest BCUT2D eigenvalue weighted by Crippen LogP contribution is 2.34. The molecule has 0 amide bonds. The van der Waals surface area contributed by atoms with E-state index < -0.39 is 5.97 Å². The van der Waals surface area contributed by atoms with Crippen LogP contribution in [0.3, 0.4) is 0 Å². The number of rotatable bonds is 8. The van der Waals surface area contributed by atoms with Crippen LogP contribution in [0.4, 0.5) is 4.39 Å². The number of aryl methyl sites for hydroxylation is 1. The van der Waals surface area contributed by atoms with Crippen LogP contribution in [-0.2, 0) is 17.9 Å². The zero-order valence-corrected chi connectivity index (χ0v) is 19.6. The van der Waals surface area contributed by atoms with Crippen LogP contribution in [0.1, 0.15) is 49.8 Å². The second-order valence-corrected chi connectivity index (χ2v) is 10.2. The van der Waals surface area contributed by atoms with E-state index in [1.54, 1.807) is 12.1 Å². The first-order valence-electron chi connectivity index (χ1n) is 11.5. The molecule has 9 nitrogen and oxygen atoms in total. The Bertz CT molecular complexity index is 1260. The van der Waals surface area contributed by atoms with E-state index in [4.69, 9.17) is 4.74 Å². The maximum absolute atomic E-state index is 14.2. The SMILES string of the molecule is Cc1nc(-c2sc(F)cc2Cn2nnn(CC3CC3)c2=O)ccc1O[C@H]1CCC[C@H](C(=O)O)C1. The number of halogens is 1. The highest BCUT2D eigenvalue weighted by molar-refractivity contribution is 7.14. The van der Waals surface area contributed by atoms with Gasteiger partial charge in [-0.2, -0.15) is 13.8 Å². The maximum Gasteiger partial charge on any atom is 0.363 e. The molecule has 2 fully saturated rings. The van der Waals surface area contributed by atoms with Crippen LogP contribution >= 0.6 is 11.3 Å². The average molecular weight is 488 g/mol. The second-order valence-electron chi connectivity index (χ2n) is 9.17. The molecule has 3 aromatic heterocycles. The fourth-order valence-corrected chi connectivity index (χ4v) is 5.28. The molecule has 2 atom stereocenters. The van der Waals surface area contributed by atoms with Crippen molar-refractivity contribution < 1.29 is 19.0 Å². The van der Waals surface area contributed by atoms with Gasteiger partial charge in [0.2, 0.25) is 0 Å². The first-order chi connectivity index (χ1) is 16.4. The molecular formula is C23H26FN5O4S. The highest BCUT2D eigenvalue weighted by Gasteiger charge is 2.29. The topological polar surface area (TPSA) is 112 Å². The molecule has 3 heterocycles. The van der Waals surface area contributed by atoms with Gasteiger partial charge in [-0.05, 0) is 85.6 Å². The monoisotopic (exact) mass is 487 g/mol. The van der Waals surface area contributed by atoms with Crippen molar-refractivity contribution in [3.63, 3.8) is 0 Å². The number of tetrazole rings is 1. The largest absolute Gasteiger partial charge is 0.489 e. The quantitative estimate of drug-likeness (QED) is 0.518. The highest BCUT2D eigenvalue weighted by atomic mass is 32.1. The van der Waals surface area contributed by atoms with Gasteiger partial charge in [0.25, 0.3) is 0 Å². The Kier molecular flexibility index (Phi) is 6.20. The number of carboxylic acid groups (broad SMARTS) is 1. The number of hydrogen-bond acceptors (Lipinski definition) is 7. The fraction of sp³-hybridized carbons (Fsp3) is 0.522. The van der Waals surface area contributed by atoms with Crippen LogP contribution in [0, 0.1) is 23.9 Å². The van der Waals surface area contributed by atoms with E-state index in [1.807, 2.05) is 6.92 Å². The Balaban J connectivity index is 1.33. The van der Waals surface area contributed by atoms with Crippen molar-refractivity contribution in [2.24, 2.45) is 11.8 Å². The van der Waals surface area contributed by atoms with Crippen LogP contribution in [0.2, 0.25) is 0 Å². The first-order valence-corrected chi connectivity index (χ1v) is 12.4. The lowest BCUT2D eigenvalue weighted by Gasteiger charge is -2.27. The second kappa shape index (κ2) is 9.28. The number of carbonyl (C=O) groups is 1. The minimum atomic E-state index is -0.780. The van der Waals surface area contributed by atoms with Crippen LogP contribution in [-0.4, -0.2) is 42.0 Å². The van der Waals surface area contributed by atoms with Crippen LogP contribution in [0.25, 0.3) is 10.6 Å². The van der Waals surface area contributed by atoms with E-state index >= 15 is 0 Å². The van der Waals surface area contributed by atoms with Gasteiger partial charge < -0.3 is 9.84 Å². The number of thiophene rings is 1. The summed E-state index contributed by atoms with van der Waals surface area (Å²) in [5, 5.41) is 16.9. The number of aromatic nitrogens is 5. The number of pyridine rings is 1. The van der Waals surface area contributed by atoms with E-state index in [2.05, 4.69) is 15.4 Å². The van der Waals surface area contributed by atoms with Crippen LogP contribution in [0.15, 0.2) is 23.0 Å². The number of carboxylic acids is 1. The molecule has 180 valence electrons. The Hall–Kier alpha value is -3.08. The third-order valence-electron chi connectivity index (χ3n) is 6.46. The zero-order chi connectivity index (χ0) is 23.8. The summed E-state index contributed by atoms with van der Waals surface area (Å²) in [6, 6.07) is 4.96. The van der Waals surface area contributed by atoms with Gasteiger partial charge in [0.1, 0.15) is 5.75 Å². The molecule has 0 unspecified atom stereocenters. The third-order valence-corrected chi connectivity index (χ3v) is 7.45. The average Bonchev–Trinajstić information content (AvgIpc) is 3.47. The van der Waals surface area contributed by atoms with Gasteiger partial charge >= 0.3 is 11.7 Å². The van der Waals surface area contributed by atoms with Crippen molar-refractivity contribution in [2.75, 3.05) is 0 Å². The molecule has 0 radical (unpaired) electrons. The Morgan fingerprint density at radius 2 is 2.03 bits per heavy atom. The van der Waals surface area contributed by atoms with Crippen LogP contribution in [0.5, 0.6) is 5.75 Å². The standard InChI is InChI=1S/C23H26FN5O4S/c1-13-19(33-17-4-2-3-15(9-17)22(30)31)8-7-18(25-13)21-16(10-20(24)34-21)12-29-23(32)28(26-27-29)11-14-5-6-14/h7-8,10,14-15,17H,2-6,9,11-12H2,1H3,(H,30,31)/t15-,17-/m0/s1. The van der Waals surface area contributed by atoms with E-state index in [0.29, 0.717) is 52.9 Å². The summed E-state index contributed by atoms with van der Waals surface area (Å²) >= 11 is 0.968. The van der Waals surface area contributed by atoms with Crippen molar-refractivity contribution in [3.8, 4) is 16.3 Å². The summed E-state index contributed by atoms with van der Waals surface area (Å²) in [6.07, 6.45) is 4.81. The molecule has 34 heavy (non-hydrogen) atoms. The van der Waals surface area contributed by atoms with E-state index in [0.717, 1.165) is 37.0 Å². The lowest BCUT2D eigenvalue weighted by molar-refractivity contribution is -0.143. The van der Waals surface area contributed by atoms with Gasteiger partial charge in [-0.3, -0.25) is 4.79 Å². The number of ether oxygens (including phenoxy) is 1. The number of aliphatic carboxylic acids is 1. The molecule has 2 aliphatic rings. The van der Waals surface area contributed by atoms with Crippen molar-refractivity contribution in [2.45, 2.75) is 64.6 Å². The predicted octanol–water partition coefficient (Wildman–Crippen LogP) is 3.49. The zero-order valence-electron chi connectivity index (χ0n) is 18.8. The van der Waals surface area contributed by atoms with Gasteiger partial charge in [-0.1, -0.05) is 0 Å². The summed E-state index contributed by atoms with van der Waals surface area (Å²) in [5.74, 6) is -0.0721. The molecule has 0 aliphatic heterocycles. The molecule has 0 saturated heterocycles. The van der Waals surface area contributed by atoms with Gasteiger partial charge in [0.05, 0.1) is 41.4 Å². The number of hydrogen-bond donors (Lipinski definition) is 1. The van der Waals surface area contributed by atoms with Crippen molar-refractivity contribution in [1.29, 1.82) is 0 Å². The molecule has 2 aliphatic carbocycles. The van der Waals surface area contributed by atoms with Crippen molar-refractivity contribution in [3.05, 3.63) is 45.1 Å². The molecule has 3 aromatic rings. The number of nitrogens with zero attached hydrogens (tertiary/aromatic N) is 5. The van der Waals surface area contributed by atoms with Crippen molar-refractivity contribution >= 4 is 17.3 Å². The predicted molar refractivity (Wildman–Crippen MR) is 122 cm³/mol. The molecular weight excluding hydrogens is 461 g/mol. The minimum absolute atomic E-state index is 0.108. The summed E-state index contributed by atoms with van der Waals surface area (Å²) < 4.78 is 22.9. The molecule has 2 saturated carbocycles. The Labute approximate surface area is 199 Å². The van der Waals surface area contributed by atoms with Crippen LogP contribution < -0.4 is 10.4 Å². The van der Waals surface area contributed by atoms with E-state index in [-0.39, 0.29) is 29.4 Å². The maximum atomic E-state index is 14.2. The molecule has 11 heteroatoms. The minimum Gasteiger partial charge on any atom is -0.489 e.